The van der Waals surface area contributed by atoms with Crippen molar-refractivity contribution >= 4 is 59.4 Å². The number of ether oxygens (including phenoxy) is 1. The molecular formula is C19H16Br2N3O5S-. The number of hydrogen-bond donors (Lipinski definition) is 1. The first kappa shape index (κ1) is 22.3. The molecule has 1 amide bonds. The number of amides is 1. The van der Waals surface area contributed by atoms with Crippen molar-refractivity contribution in [3.63, 3.8) is 0 Å². The molecule has 2 aromatic carbocycles. The lowest BCUT2D eigenvalue weighted by Gasteiger charge is -2.19. The van der Waals surface area contributed by atoms with Crippen LogP contribution in [-0.4, -0.2) is 26.1 Å². The first-order valence-electron chi connectivity index (χ1n) is 8.54. The number of anilines is 1. The third-order valence-electron chi connectivity index (χ3n) is 4.02. The van der Waals surface area contributed by atoms with Gasteiger partial charge in [0.2, 0.25) is 0 Å². The van der Waals surface area contributed by atoms with Crippen molar-refractivity contribution in [1.29, 1.82) is 0 Å². The van der Waals surface area contributed by atoms with Gasteiger partial charge in [0, 0.05) is 10.2 Å². The third kappa shape index (κ3) is 5.41. The van der Waals surface area contributed by atoms with Crippen molar-refractivity contribution in [3.8, 4) is 5.75 Å². The maximum Gasteiger partial charge on any atom is 0.262 e. The van der Waals surface area contributed by atoms with Crippen LogP contribution >= 0.6 is 31.9 Å². The van der Waals surface area contributed by atoms with Crippen molar-refractivity contribution in [3.05, 3.63) is 67.4 Å². The van der Waals surface area contributed by atoms with Crippen molar-refractivity contribution in [2.75, 3.05) is 11.9 Å². The van der Waals surface area contributed by atoms with Crippen LogP contribution in [-0.2, 0) is 14.8 Å². The lowest BCUT2D eigenvalue weighted by Crippen LogP contribution is -2.20. The zero-order valence-corrected chi connectivity index (χ0v) is 19.8. The van der Waals surface area contributed by atoms with Crippen molar-refractivity contribution in [2.45, 2.75) is 18.7 Å². The molecular weight excluding hydrogens is 542 g/mol. The summed E-state index contributed by atoms with van der Waals surface area (Å²) in [5.74, 6) is 0.0772. The van der Waals surface area contributed by atoms with E-state index in [1.165, 1.54) is 24.3 Å². The predicted molar refractivity (Wildman–Crippen MR) is 119 cm³/mol. The smallest absolute Gasteiger partial charge is 0.262 e. The van der Waals surface area contributed by atoms with Crippen molar-refractivity contribution in [2.24, 2.45) is 0 Å². The summed E-state index contributed by atoms with van der Waals surface area (Å²) in [5, 5.41) is 6.33. The summed E-state index contributed by atoms with van der Waals surface area (Å²) in [5.41, 5.74) is 1.54. The lowest BCUT2D eigenvalue weighted by molar-refractivity contribution is -0.118. The predicted octanol–water partition coefficient (Wildman–Crippen LogP) is 5.23. The Morgan fingerprint density at radius 1 is 1.17 bits per heavy atom. The van der Waals surface area contributed by atoms with E-state index >= 15 is 0 Å². The van der Waals surface area contributed by atoms with Crippen LogP contribution in [0.3, 0.4) is 0 Å². The van der Waals surface area contributed by atoms with Crippen LogP contribution < -0.4 is 10.1 Å². The van der Waals surface area contributed by atoms with Gasteiger partial charge in [-0.25, -0.2) is 8.42 Å². The minimum Gasteiger partial charge on any atom is -0.539 e. The highest BCUT2D eigenvalue weighted by atomic mass is 79.9. The molecule has 0 atom stereocenters. The van der Waals surface area contributed by atoms with E-state index in [1.807, 2.05) is 0 Å². The van der Waals surface area contributed by atoms with Crippen molar-refractivity contribution < 1.29 is 22.5 Å². The van der Waals surface area contributed by atoms with Gasteiger partial charge in [0.15, 0.2) is 6.61 Å². The first-order valence-corrected chi connectivity index (χ1v) is 11.6. The molecule has 0 fully saturated rings. The van der Waals surface area contributed by atoms with Gasteiger partial charge >= 0.3 is 0 Å². The molecule has 8 nitrogen and oxygen atoms in total. The average molecular weight is 558 g/mol. The Morgan fingerprint density at radius 2 is 1.87 bits per heavy atom. The molecule has 0 aliphatic heterocycles. The Labute approximate surface area is 190 Å². The van der Waals surface area contributed by atoms with Gasteiger partial charge in [-0.15, -0.1) is 0 Å². The summed E-state index contributed by atoms with van der Waals surface area (Å²) in [6, 6.07) is 11.0. The number of nitrogens with zero attached hydrogens (tertiary/aromatic N) is 2. The topological polar surface area (TPSA) is 113 Å². The van der Waals surface area contributed by atoms with Gasteiger partial charge in [-0.05, 0) is 77.8 Å². The SMILES string of the molecule is Cc1noc([N-]S(=O)(=O)c2ccc(NC(=O)COc3ccc(Br)cc3Br)cc2)c1C. The standard InChI is InChI=1S/C19H17Br2N3O5S/c1-11-12(2)23-29-19(11)24-30(26,27)15-6-4-14(5-7-15)22-18(25)10-28-17-8-3-13(20)9-16(17)21/h3-9H,10H2,1-2H3,(H2,22,23,24,25)/p-1. The van der Waals surface area contributed by atoms with Gasteiger partial charge in [-0.1, -0.05) is 21.1 Å². The number of aryl methyl sites for hydroxylation is 1. The fraction of sp³-hybridized carbons (Fsp3) is 0.158. The van der Waals surface area contributed by atoms with Gasteiger partial charge in [0.25, 0.3) is 5.91 Å². The van der Waals surface area contributed by atoms with Gasteiger partial charge in [0.05, 0.1) is 20.9 Å². The van der Waals surface area contributed by atoms with Gasteiger partial charge in [-0.2, -0.15) is 0 Å². The minimum atomic E-state index is -3.98. The highest BCUT2D eigenvalue weighted by Gasteiger charge is 2.11. The van der Waals surface area contributed by atoms with Crippen LogP contribution in [0, 0.1) is 13.8 Å². The largest absolute Gasteiger partial charge is 0.539 e. The van der Waals surface area contributed by atoms with Crippen LogP contribution in [0.2, 0.25) is 0 Å². The summed E-state index contributed by atoms with van der Waals surface area (Å²) in [6.07, 6.45) is 0. The van der Waals surface area contributed by atoms with Crippen LogP contribution in [0.25, 0.3) is 4.72 Å². The molecule has 3 aromatic rings. The van der Waals surface area contributed by atoms with E-state index in [4.69, 9.17) is 9.26 Å². The van der Waals surface area contributed by atoms with E-state index in [2.05, 4.69) is 47.1 Å². The monoisotopic (exact) mass is 556 g/mol. The number of benzene rings is 2. The number of rotatable bonds is 7. The maximum absolute atomic E-state index is 12.4. The second-order valence-corrected chi connectivity index (χ2v) is 9.57. The molecule has 0 unspecified atom stereocenters. The Morgan fingerprint density at radius 3 is 2.47 bits per heavy atom. The summed E-state index contributed by atoms with van der Waals surface area (Å²) in [4.78, 5) is 12.1. The van der Waals surface area contributed by atoms with Crippen LogP contribution in [0.1, 0.15) is 11.3 Å². The zero-order chi connectivity index (χ0) is 21.9. The third-order valence-corrected chi connectivity index (χ3v) is 6.41. The zero-order valence-electron chi connectivity index (χ0n) is 15.8. The number of carbonyl (C=O) groups is 1. The summed E-state index contributed by atoms with van der Waals surface area (Å²) >= 11 is 6.70. The molecule has 0 aliphatic carbocycles. The quantitative estimate of drug-likeness (QED) is 0.425. The summed E-state index contributed by atoms with van der Waals surface area (Å²) < 4.78 is 40.6. The average Bonchev–Trinajstić information content (AvgIpc) is 2.99. The van der Waals surface area contributed by atoms with Crippen LogP contribution in [0.4, 0.5) is 11.6 Å². The Bertz CT molecular complexity index is 1180. The maximum atomic E-state index is 12.4. The normalized spacial score (nSPS) is 11.2. The number of hydrogen-bond acceptors (Lipinski definition) is 6. The van der Waals surface area contributed by atoms with Crippen LogP contribution in [0.5, 0.6) is 5.75 Å². The number of aromatic nitrogens is 1. The molecule has 0 aliphatic rings. The van der Waals surface area contributed by atoms with E-state index in [9.17, 15) is 13.2 Å². The highest BCUT2D eigenvalue weighted by molar-refractivity contribution is 9.11. The minimum absolute atomic E-state index is 0.0380. The Kier molecular flexibility index (Phi) is 6.84. The molecule has 30 heavy (non-hydrogen) atoms. The number of sulfonamides is 1. The molecule has 11 heteroatoms. The first-order chi connectivity index (χ1) is 14.2. The molecule has 0 spiro atoms. The molecule has 0 radical (unpaired) electrons. The van der Waals surface area contributed by atoms with E-state index in [-0.39, 0.29) is 17.4 Å². The molecule has 3 rings (SSSR count). The van der Waals surface area contributed by atoms with E-state index in [1.54, 1.807) is 32.0 Å². The van der Waals surface area contributed by atoms with E-state index < -0.39 is 15.9 Å². The molecule has 158 valence electrons. The Balaban J connectivity index is 1.60. The van der Waals surface area contributed by atoms with Gasteiger partial charge in [0.1, 0.15) is 15.8 Å². The number of halogens is 2. The Hall–Kier alpha value is -2.37. The van der Waals surface area contributed by atoms with Gasteiger partial charge in [-0.3, -0.25) is 4.79 Å². The fourth-order valence-corrected chi connectivity index (χ4v) is 4.43. The summed E-state index contributed by atoms with van der Waals surface area (Å²) in [6.45, 7) is 3.16. The molecule has 1 aromatic heterocycles. The second kappa shape index (κ2) is 9.19. The highest BCUT2D eigenvalue weighted by Crippen LogP contribution is 2.32. The molecule has 1 heterocycles. The molecule has 0 saturated heterocycles. The lowest BCUT2D eigenvalue weighted by atomic mass is 10.3. The van der Waals surface area contributed by atoms with E-state index in [0.29, 0.717) is 27.2 Å². The summed E-state index contributed by atoms with van der Waals surface area (Å²) in [7, 11) is -3.98. The molecule has 0 saturated carbocycles. The number of carbonyl (C=O) groups excluding carboxylic acids is 1. The fourth-order valence-electron chi connectivity index (χ4n) is 2.29. The van der Waals surface area contributed by atoms with Crippen molar-refractivity contribution in [1.82, 2.24) is 5.16 Å². The van der Waals surface area contributed by atoms with E-state index in [0.717, 1.165) is 4.47 Å². The number of nitrogens with one attached hydrogen (secondary N) is 1. The molecule has 0 bridgehead atoms. The second-order valence-electron chi connectivity index (χ2n) is 6.20. The molecule has 1 N–H and O–H groups in total. The van der Waals surface area contributed by atoms with Crippen LogP contribution in [0.15, 0.2) is 60.8 Å². The van der Waals surface area contributed by atoms with Gasteiger partial charge < -0.3 is 19.3 Å².